The number of thiazole rings is 2. The lowest BCUT2D eigenvalue weighted by Crippen LogP contribution is -2.48. The van der Waals surface area contributed by atoms with Crippen molar-refractivity contribution in [2.75, 3.05) is 62.2 Å². The number of benzene rings is 4. The molecule has 10 nitrogen and oxygen atoms in total. The minimum Gasteiger partial charge on any atom is -0.345 e. The maximum absolute atomic E-state index is 13.0. The summed E-state index contributed by atoms with van der Waals surface area (Å²) in [4.78, 5) is 13.9. The molecule has 2 aromatic heterocycles. The van der Waals surface area contributed by atoms with E-state index in [2.05, 4.69) is 82.9 Å². The van der Waals surface area contributed by atoms with E-state index >= 15 is 0 Å². The Morgan fingerprint density at radius 2 is 0.918 bits per heavy atom. The molecule has 0 radical (unpaired) electrons. The van der Waals surface area contributed by atoms with Gasteiger partial charge >= 0.3 is 0 Å². The van der Waals surface area contributed by atoms with E-state index in [1.807, 2.05) is 0 Å². The largest absolute Gasteiger partial charge is 0.345 e. The van der Waals surface area contributed by atoms with Crippen molar-refractivity contribution in [3.63, 3.8) is 0 Å². The molecule has 18 heteroatoms. The number of hydrogen-bond acceptors (Lipinski definition) is 10. The predicted molar refractivity (Wildman–Crippen MR) is 252 cm³/mol. The quantitative estimate of drug-likeness (QED) is 0.126. The average molecular weight is 979 g/mol. The Morgan fingerprint density at radius 3 is 1.31 bits per heavy atom. The number of aromatic nitrogens is 2. The molecular weight excluding hydrogens is 935 g/mol. The number of halogens is 4. The zero-order chi connectivity index (χ0) is 43.3. The summed E-state index contributed by atoms with van der Waals surface area (Å²) in [6.07, 6.45) is 2.62. The Kier molecular flexibility index (Phi) is 15.0. The number of piperazine rings is 2. The molecule has 2 fully saturated rings. The van der Waals surface area contributed by atoms with Crippen molar-refractivity contribution in [2.24, 2.45) is 0 Å². The van der Waals surface area contributed by atoms with Gasteiger partial charge in [-0.3, -0.25) is 0 Å². The molecule has 6 aromatic rings. The second-order valence-electron chi connectivity index (χ2n) is 14.6. The van der Waals surface area contributed by atoms with Crippen LogP contribution in [0.1, 0.15) is 40.6 Å². The van der Waals surface area contributed by atoms with Crippen molar-refractivity contribution in [3.8, 4) is 0 Å². The highest BCUT2D eigenvalue weighted by atomic mass is 35.5. The lowest BCUT2D eigenvalue weighted by Gasteiger charge is -2.34. The van der Waals surface area contributed by atoms with Gasteiger partial charge < -0.3 is 9.80 Å². The van der Waals surface area contributed by atoms with Crippen LogP contribution >= 0.6 is 69.1 Å². The Bertz CT molecular complexity index is 2660. The second kappa shape index (κ2) is 20.0. The minimum absolute atomic E-state index is 0.0553. The third-order valence-electron chi connectivity index (χ3n) is 10.5. The predicted octanol–water partition coefficient (Wildman–Crippen LogP) is 9.97. The summed E-state index contributed by atoms with van der Waals surface area (Å²) in [6, 6.07) is 26.4. The molecule has 322 valence electrons. The molecule has 61 heavy (non-hydrogen) atoms. The number of rotatable bonds is 11. The van der Waals surface area contributed by atoms with E-state index in [1.165, 1.54) is 43.0 Å². The molecule has 0 atom stereocenters. The molecule has 0 bridgehead atoms. The van der Waals surface area contributed by atoms with E-state index in [9.17, 15) is 16.8 Å². The van der Waals surface area contributed by atoms with E-state index in [0.717, 1.165) is 40.9 Å². The molecule has 0 unspecified atom stereocenters. The summed E-state index contributed by atoms with van der Waals surface area (Å²) >= 11 is 27.5. The summed E-state index contributed by atoms with van der Waals surface area (Å²) in [5, 5.41) is 6.63. The first-order chi connectivity index (χ1) is 29.2. The fraction of sp³-hybridized carbons (Fsp3) is 0.302. The molecule has 8 rings (SSSR count). The molecule has 2 aliphatic rings. The molecule has 0 spiro atoms. The molecular formula is C43H44Cl4N6O4S4. The molecule has 4 aromatic carbocycles. The van der Waals surface area contributed by atoms with Crippen LogP contribution in [0.15, 0.2) is 105 Å². The Morgan fingerprint density at radius 1 is 0.541 bits per heavy atom. The number of anilines is 2. The Labute approximate surface area is 386 Å². The van der Waals surface area contributed by atoms with E-state index in [-0.39, 0.29) is 29.9 Å². The molecule has 0 saturated carbocycles. The monoisotopic (exact) mass is 976 g/mol. The standard InChI is InChI=1S/C22H23Cl2N3O2S2.C21H21Cl2N3O2S2/c1-2-16-6-8-17(9-7-16)14-18-15-30-22(25-18)26-10-12-27(13-11-26)31(28,29)20-5-3-4-19(23)21(20)24;1-15-5-7-16(8-6-15)13-17-14-29-21(24-17)25-9-11-26(12-10-25)30(27,28)19-4-2-3-18(22)20(19)23/h3-9,15H,2,10-14H2,1H3;2-8,14H,9-13H2,1H3. The van der Waals surface area contributed by atoms with Crippen molar-refractivity contribution in [1.29, 1.82) is 0 Å². The van der Waals surface area contributed by atoms with E-state index in [0.29, 0.717) is 52.4 Å². The third-order valence-corrected chi connectivity index (χ3v) is 18.1. The highest BCUT2D eigenvalue weighted by molar-refractivity contribution is 7.89. The topological polar surface area (TPSA) is 107 Å². The number of hydrogen-bond donors (Lipinski definition) is 0. The van der Waals surface area contributed by atoms with Gasteiger partial charge in [0, 0.05) is 76.0 Å². The minimum atomic E-state index is -3.69. The Balaban J connectivity index is 0.000000184. The first kappa shape index (κ1) is 45.7. The van der Waals surface area contributed by atoms with Gasteiger partial charge in [0.2, 0.25) is 20.0 Å². The summed E-state index contributed by atoms with van der Waals surface area (Å²) in [7, 11) is -7.38. The number of sulfonamides is 2. The van der Waals surface area contributed by atoms with Crippen molar-refractivity contribution in [3.05, 3.63) is 149 Å². The Hall–Kier alpha value is -3.28. The normalized spacial score (nSPS) is 15.4. The molecule has 2 saturated heterocycles. The molecule has 0 N–H and O–H groups in total. The maximum Gasteiger partial charge on any atom is 0.244 e. The lowest BCUT2D eigenvalue weighted by molar-refractivity contribution is 0.384. The van der Waals surface area contributed by atoms with Gasteiger partial charge in [0.05, 0.1) is 31.5 Å². The van der Waals surface area contributed by atoms with Crippen LogP contribution in [0.2, 0.25) is 20.1 Å². The summed E-state index contributed by atoms with van der Waals surface area (Å²) in [5.74, 6) is 0. The van der Waals surface area contributed by atoms with E-state index in [1.54, 1.807) is 46.9 Å². The smallest absolute Gasteiger partial charge is 0.244 e. The van der Waals surface area contributed by atoms with Crippen LogP contribution in [0.3, 0.4) is 0 Å². The van der Waals surface area contributed by atoms with Gasteiger partial charge in [0.1, 0.15) is 9.79 Å². The van der Waals surface area contributed by atoms with Crippen LogP contribution in [0, 0.1) is 6.92 Å². The van der Waals surface area contributed by atoms with Crippen molar-refractivity contribution >= 4 is 99.4 Å². The van der Waals surface area contributed by atoms with Gasteiger partial charge in [-0.1, -0.05) is 120 Å². The van der Waals surface area contributed by atoms with Crippen LogP contribution in [-0.2, 0) is 39.3 Å². The zero-order valence-corrected chi connectivity index (χ0v) is 39.8. The van der Waals surface area contributed by atoms with E-state index < -0.39 is 20.0 Å². The fourth-order valence-electron chi connectivity index (χ4n) is 6.95. The van der Waals surface area contributed by atoms with Gasteiger partial charge in [-0.2, -0.15) is 8.61 Å². The van der Waals surface area contributed by atoms with Gasteiger partial charge in [0.25, 0.3) is 0 Å². The van der Waals surface area contributed by atoms with Crippen LogP contribution in [0.4, 0.5) is 10.3 Å². The summed E-state index contributed by atoms with van der Waals surface area (Å²) in [5.41, 5.74) is 7.10. The molecule has 0 amide bonds. The highest BCUT2D eigenvalue weighted by Gasteiger charge is 2.33. The summed E-state index contributed by atoms with van der Waals surface area (Å²) in [6.45, 7) is 8.03. The van der Waals surface area contributed by atoms with Crippen molar-refractivity contribution in [1.82, 2.24) is 18.6 Å². The van der Waals surface area contributed by atoms with Crippen LogP contribution < -0.4 is 9.80 Å². The molecule has 4 heterocycles. The second-order valence-corrected chi connectivity index (χ2v) is 21.7. The SMILES string of the molecule is CCc1ccc(Cc2csc(N3CCN(S(=O)(=O)c4cccc(Cl)c4Cl)CC3)n2)cc1.Cc1ccc(Cc2csc(N3CCN(S(=O)(=O)c4cccc(Cl)c4Cl)CC3)n2)cc1. The number of aryl methyl sites for hydroxylation is 2. The van der Waals surface area contributed by atoms with Crippen molar-refractivity contribution < 1.29 is 16.8 Å². The van der Waals surface area contributed by atoms with Gasteiger partial charge in [0.15, 0.2) is 10.3 Å². The lowest BCUT2D eigenvalue weighted by atomic mass is 10.1. The fourth-order valence-corrected chi connectivity index (χ4v) is 13.0. The first-order valence-electron chi connectivity index (χ1n) is 19.6. The van der Waals surface area contributed by atoms with Crippen molar-refractivity contribution in [2.45, 2.75) is 42.9 Å². The third kappa shape index (κ3) is 10.9. The van der Waals surface area contributed by atoms with Crippen LogP contribution in [0.25, 0.3) is 0 Å². The highest BCUT2D eigenvalue weighted by Crippen LogP contribution is 2.34. The molecule has 0 aliphatic carbocycles. The maximum atomic E-state index is 13.0. The average Bonchev–Trinajstić information content (AvgIpc) is 3.94. The molecule has 2 aliphatic heterocycles. The van der Waals surface area contributed by atoms with Crippen LogP contribution in [-0.4, -0.2) is 87.8 Å². The first-order valence-corrected chi connectivity index (χ1v) is 25.8. The van der Waals surface area contributed by atoms with Gasteiger partial charge in [-0.05, 0) is 54.3 Å². The van der Waals surface area contributed by atoms with E-state index in [4.69, 9.17) is 56.4 Å². The number of nitrogens with zero attached hydrogens (tertiary/aromatic N) is 6. The zero-order valence-electron chi connectivity index (χ0n) is 33.5. The van der Waals surface area contributed by atoms with Crippen LogP contribution in [0.5, 0.6) is 0 Å². The van der Waals surface area contributed by atoms with Gasteiger partial charge in [-0.25, -0.2) is 26.8 Å². The summed E-state index contributed by atoms with van der Waals surface area (Å²) < 4.78 is 54.9. The van der Waals surface area contributed by atoms with Gasteiger partial charge in [-0.15, -0.1) is 22.7 Å².